The van der Waals surface area contributed by atoms with Crippen LogP contribution in [0.4, 0.5) is 0 Å². The molecule has 3 atom stereocenters. The minimum atomic E-state index is -0.698. The molecule has 0 saturated heterocycles. The molecule has 5 heteroatoms. The molecule has 1 aliphatic rings. The molecule has 1 fully saturated rings. The second-order valence-corrected chi connectivity index (χ2v) is 6.16. The normalized spacial score (nSPS) is 22.4. The van der Waals surface area contributed by atoms with Crippen molar-refractivity contribution < 1.29 is 14.6 Å². The average molecular weight is 317 g/mol. The van der Waals surface area contributed by atoms with E-state index in [4.69, 9.17) is 33.0 Å². The quantitative estimate of drug-likeness (QED) is 0.833. The number of ether oxygens (including phenoxy) is 1. The van der Waals surface area contributed by atoms with Crippen molar-refractivity contribution in [2.45, 2.75) is 32.6 Å². The van der Waals surface area contributed by atoms with E-state index in [1.54, 1.807) is 6.07 Å². The van der Waals surface area contributed by atoms with E-state index in [9.17, 15) is 4.79 Å². The number of carbonyl (C=O) groups is 1. The van der Waals surface area contributed by atoms with Gasteiger partial charge in [0.15, 0.2) is 0 Å². The van der Waals surface area contributed by atoms with Crippen molar-refractivity contribution in [3.8, 4) is 5.75 Å². The van der Waals surface area contributed by atoms with E-state index in [1.165, 1.54) is 0 Å². The fourth-order valence-corrected chi connectivity index (χ4v) is 3.20. The van der Waals surface area contributed by atoms with Gasteiger partial charge in [-0.2, -0.15) is 0 Å². The molecule has 0 heterocycles. The summed E-state index contributed by atoms with van der Waals surface area (Å²) in [4.78, 5) is 10.9. The number of hydrogen-bond donors (Lipinski definition) is 1. The van der Waals surface area contributed by atoms with E-state index in [-0.39, 0.29) is 17.8 Å². The molecule has 0 amide bonds. The molecule has 1 aliphatic carbocycles. The molecule has 1 saturated carbocycles. The number of aliphatic carboxylic acids is 1. The van der Waals surface area contributed by atoms with Gasteiger partial charge in [0, 0.05) is 5.02 Å². The fourth-order valence-electron chi connectivity index (χ4n) is 2.63. The number of benzene rings is 1. The third-order valence-corrected chi connectivity index (χ3v) is 4.25. The maximum atomic E-state index is 10.9. The second-order valence-electron chi connectivity index (χ2n) is 5.32. The van der Waals surface area contributed by atoms with Crippen LogP contribution >= 0.6 is 23.2 Å². The first-order valence-electron chi connectivity index (χ1n) is 6.78. The van der Waals surface area contributed by atoms with Crippen LogP contribution < -0.4 is 4.74 Å². The summed E-state index contributed by atoms with van der Waals surface area (Å²) in [5.74, 6) is 0.189. The molecule has 3 nitrogen and oxygen atoms in total. The average Bonchev–Trinajstić information content (AvgIpc) is 3.11. The summed E-state index contributed by atoms with van der Waals surface area (Å²) in [6.07, 6.45) is 1.58. The molecule has 20 heavy (non-hydrogen) atoms. The van der Waals surface area contributed by atoms with Gasteiger partial charge in [-0.1, -0.05) is 30.1 Å². The summed E-state index contributed by atoms with van der Waals surface area (Å²) < 4.78 is 5.61. The van der Waals surface area contributed by atoms with Crippen LogP contribution in [0.3, 0.4) is 0 Å². The maximum Gasteiger partial charge on any atom is 0.306 e. The van der Waals surface area contributed by atoms with Crippen molar-refractivity contribution in [2.75, 3.05) is 6.61 Å². The van der Waals surface area contributed by atoms with Crippen LogP contribution in [0.25, 0.3) is 0 Å². The van der Waals surface area contributed by atoms with Gasteiger partial charge in [0.25, 0.3) is 0 Å². The van der Waals surface area contributed by atoms with Crippen LogP contribution in [0.5, 0.6) is 5.75 Å². The lowest BCUT2D eigenvalue weighted by atomic mass is 9.94. The molecule has 3 unspecified atom stereocenters. The summed E-state index contributed by atoms with van der Waals surface area (Å²) in [6.45, 7) is 4.49. The minimum absolute atomic E-state index is 0.169. The Bertz CT molecular complexity index is 516. The maximum absolute atomic E-state index is 10.9. The second kappa shape index (κ2) is 6.23. The van der Waals surface area contributed by atoms with Crippen LogP contribution in [0.1, 0.15) is 38.2 Å². The van der Waals surface area contributed by atoms with Crippen molar-refractivity contribution >= 4 is 29.2 Å². The van der Waals surface area contributed by atoms with Gasteiger partial charge >= 0.3 is 5.97 Å². The van der Waals surface area contributed by atoms with Gasteiger partial charge in [-0.05, 0) is 49.3 Å². The van der Waals surface area contributed by atoms with Crippen molar-refractivity contribution in [1.29, 1.82) is 0 Å². The lowest BCUT2D eigenvalue weighted by Gasteiger charge is -2.18. The highest BCUT2D eigenvalue weighted by Crippen LogP contribution is 2.47. The predicted octanol–water partition coefficient (Wildman–Crippen LogP) is 4.61. The Morgan fingerprint density at radius 1 is 1.50 bits per heavy atom. The first-order valence-corrected chi connectivity index (χ1v) is 7.54. The van der Waals surface area contributed by atoms with E-state index in [1.807, 2.05) is 13.0 Å². The van der Waals surface area contributed by atoms with E-state index >= 15 is 0 Å². The summed E-state index contributed by atoms with van der Waals surface area (Å²) in [6, 6.07) is 3.53. The number of carboxylic acid groups (broad SMARTS) is 1. The van der Waals surface area contributed by atoms with Crippen molar-refractivity contribution in [1.82, 2.24) is 0 Å². The van der Waals surface area contributed by atoms with Crippen LogP contribution in [0.2, 0.25) is 10.0 Å². The van der Waals surface area contributed by atoms with Gasteiger partial charge in [-0.15, -0.1) is 0 Å². The zero-order valence-electron chi connectivity index (χ0n) is 11.5. The molecule has 0 spiro atoms. The largest absolute Gasteiger partial charge is 0.492 e. The van der Waals surface area contributed by atoms with E-state index in [0.717, 1.165) is 18.4 Å². The third kappa shape index (κ3) is 3.39. The van der Waals surface area contributed by atoms with Gasteiger partial charge in [-0.25, -0.2) is 0 Å². The Morgan fingerprint density at radius 3 is 2.75 bits per heavy atom. The Hall–Kier alpha value is -0.930. The summed E-state index contributed by atoms with van der Waals surface area (Å²) >= 11 is 12.2. The first kappa shape index (κ1) is 15.5. The number of carboxylic acids is 1. The van der Waals surface area contributed by atoms with Gasteiger partial charge in [0.05, 0.1) is 17.5 Å². The van der Waals surface area contributed by atoms with E-state index in [2.05, 4.69) is 6.92 Å². The van der Waals surface area contributed by atoms with Gasteiger partial charge < -0.3 is 9.84 Å². The molecular weight excluding hydrogens is 299 g/mol. The topological polar surface area (TPSA) is 46.5 Å². The predicted molar refractivity (Wildman–Crippen MR) is 79.9 cm³/mol. The molecule has 0 bridgehead atoms. The molecule has 0 radical (unpaired) electrons. The number of rotatable bonds is 6. The zero-order chi connectivity index (χ0) is 14.9. The Labute approximate surface area is 128 Å². The SMILES string of the molecule is CCOc1c(Cl)cc(Cl)cc1C(C)CC1CC1C(=O)O. The molecule has 1 aromatic rings. The standard InChI is InChI=1S/C15H18Cl2O3/c1-3-20-14-11(6-10(16)7-13(14)17)8(2)4-9-5-12(9)15(18)19/h6-9,12H,3-5H2,1-2H3,(H,18,19). The molecule has 0 aromatic heterocycles. The zero-order valence-corrected chi connectivity index (χ0v) is 13.0. The van der Waals surface area contributed by atoms with Crippen LogP contribution in [0, 0.1) is 11.8 Å². The van der Waals surface area contributed by atoms with Crippen molar-refractivity contribution in [2.24, 2.45) is 11.8 Å². The van der Waals surface area contributed by atoms with Crippen LogP contribution in [-0.4, -0.2) is 17.7 Å². The van der Waals surface area contributed by atoms with Crippen molar-refractivity contribution in [3.63, 3.8) is 0 Å². The smallest absolute Gasteiger partial charge is 0.306 e. The molecule has 1 N–H and O–H groups in total. The Kier molecular flexibility index (Phi) is 4.82. The highest BCUT2D eigenvalue weighted by atomic mass is 35.5. The van der Waals surface area contributed by atoms with Crippen LogP contribution in [0.15, 0.2) is 12.1 Å². The highest BCUT2D eigenvalue weighted by Gasteiger charge is 2.43. The summed E-state index contributed by atoms with van der Waals surface area (Å²) in [5.41, 5.74) is 0.959. The molecule has 0 aliphatic heterocycles. The van der Waals surface area contributed by atoms with Crippen molar-refractivity contribution in [3.05, 3.63) is 27.7 Å². The van der Waals surface area contributed by atoms with Crippen LogP contribution in [-0.2, 0) is 4.79 Å². The Morgan fingerprint density at radius 2 is 2.20 bits per heavy atom. The third-order valence-electron chi connectivity index (χ3n) is 3.75. The summed E-state index contributed by atoms with van der Waals surface area (Å²) in [5, 5.41) is 10.0. The monoisotopic (exact) mass is 316 g/mol. The Balaban J connectivity index is 2.16. The lowest BCUT2D eigenvalue weighted by molar-refractivity contribution is -0.138. The van der Waals surface area contributed by atoms with E-state index < -0.39 is 5.97 Å². The first-order chi connectivity index (χ1) is 9.43. The van der Waals surface area contributed by atoms with Gasteiger partial charge in [0.2, 0.25) is 0 Å². The summed E-state index contributed by atoms with van der Waals surface area (Å²) in [7, 11) is 0. The highest BCUT2D eigenvalue weighted by molar-refractivity contribution is 6.35. The molecule has 110 valence electrons. The lowest BCUT2D eigenvalue weighted by Crippen LogP contribution is -2.05. The van der Waals surface area contributed by atoms with E-state index in [0.29, 0.717) is 22.4 Å². The van der Waals surface area contributed by atoms with Gasteiger partial charge in [-0.3, -0.25) is 4.79 Å². The molecule has 1 aromatic carbocycles. The molecular formula is C15H18Cl2O3. The van der Waals surface area contributed by atoms with Gasteiger partial charge in [0.1, 0.15) is 5.75 Å². The number of hydrogen-bond acceptors (Lipinski definition) is 2. The fraction of sp³-hybridized carbons (Fsp3) is 0.533. The minimum Gasteiger partial charge on any atom is -0.492 e. The molecule has 2 rings (SSSR count). The number of halogens is 2.